The number of sulfonamides is 1. The molecule has 0 saturated carbocycles. The van der Waals surface area contributed by atoms with Crippen LogP contribution in [0.25, 0.3) is 0 Å². The Balaban J connectivity index is 2.23. The van der Waals surface area contributed by atoms with Crippen molar-refractivity contribution in [3.05, 3.63) is 17.0 Å². The molecule has 0 amide bonds. The van der Waals surface area contributed by atoms with E-state index < -0.39 is 16.0 Å². The van der Waals surface area contributed by atoms with Crippen LogP contribution in [0.2, 0.25) is 0 Å². The lowest BCUT2D eigenvalue weighted by Gasteiger charge is -2.14. The van der Waals surface area contributed by atoms with E-state index in [4.69, 9.17) is 10.2 Å². The van der Waals surface area contributed by atoms with Crippen molar-refractivity contribution in [1.29, 1.82) is 0 Å². The molecule has 1 fully saturated rings. The second-order valence-corrected chi connectivity index (χ2v) is 7.37. The molecule has 100 valence electrons. The van der Waals surface area contributed by atoms with E-state index >= 15 is 0 Å². The average Bonchev–Trinajstić information content (AvgIpc) is 2.98. The lowest BCUT2D eigenvalue weighted by atomic mass is 10.1. The second-order valence-electron chi connectivity index (χ2n) is 4.12. The Kier molecular flexibility index (Phi) is 3.71. The van der Waals surface area contributed by atoms with Crippen LogP contribution < -0.4 is 0 Å². The van der Waals surface area contributed by atoms with Gasteiger partial charge < -0.3 is 10.2 Å². The van der Waals surface area contributed by atoms with Crippen molar-refractivity contribution >= 4 is 27.3 Å². The van der Waals surface area contributed by atoms with Crippen molar-refractivity contribution in [2.24, 2.45) is 5.92 Å². The van der Waals surface area contributed by atoms with Gasteiger partial charge in [-0.05, 0) is 24.5 Å². The highest BCUT2D eigenvalue weighted by molar-refractivity contribution is 7.91. The van der Waals surface area contributed by atoms with Gasteiger partial charge >= 0.3 is 5.97 Å². The van der Waals surface area contributed by atoms with Crippen LogP contribution in [0.5, 0.6) is 0 Å². The number of nitrogens with zero attached hydrogens (tertiary/aromatic N) is 1. The zero-order chi connectivity index (χ0) is 13.3. The first-order valence-electron chi connectivity index (χ1n) is 5.39. The highest BCUT2D eigenvalue weighted by Gasteiger charge is 2.33. The zero-order valence-electron chi connectivity index (χ0n) is 9.44. The van der Waals surface area contributed by atoms with Gasteiger partial charge in [-0.2, -0.15) is 4.31 Å². The maximum atomic E-state index is 12.2. The minimum Gasteiger partial charge on any atom is -0.477 e. The molecule has 18 heavy (non-hydrogen) atoms. The number of aromatic carboxylic acids is 1. The average molecular weight is 291 g/mol. The van der Waals surface area contributed by atoms with Gasteiger partial charge in [0.15, 0.2) is 0 Å². The predicted molar refractivity (Wildman–Crippen MR) is 65.2 cm³/mol. The molecule has 0 radical (unpaired) electrons. The highest BCUT2D eigenvalue weighted by atomic mass is 32.2. The maximum Gasteiger partial charge on any atom is 0.345 e. The summed E-state index contributed by atoms with van der Waals surface area (Å²) in [6.07, 6.45) is 0.632. The Labute approximate surface area is 109 Å². The molecule has 1 aliphatic rings. The van der Waals surface area contributed by atoms with E-state index in [0.29, 0.717) is 19.5 Å². The van der Waals surface area contributed by atoms with Crippen LogP contribution in [0, 0.1) is 5.92 Å². The van der Waals surface area contributed by atoms with Gasteiger partial charge in [0, 0.05) is 19.7 Å². The monoisotopic (exact) mass is 291 g/mol. The van der Waals surface area contributed by atoms with E-state index in [1.807, 2.05) is 0 Å². The molecule has 1 aromatic heterocycles. The summed E-state index contributed by atoms with van der Waals surface area (Å²) in [4.78, 5) is 10.7. The number of carbonyl (C=O) groups is 1. The van der Waals surface area contributed by atoms with E-state index in [0.717, 1.165) is 11.3 Å². The Bertz CT molecular complexity index is 550. The first kappa shape index (κ1) is 13.5. The fraction of sp³-hybridized carbons (Fsp3) is 0.500. The minimum atomic E-state index is -3.62. The summed E-state index contributed by atoms with van der Waals surface area (Å²) in [5, 5.41) is 17.8. The Hall–Kier alpha value is -0.960. The third-order valence-corrected chi connectivity index (χ3v) is 6.30. The van der Waals surface area contributed by atoms with Crippen molar-refractivity contribution in [2.75, 3.05) is 19.7 Å². The van der Waals surface area contributed by atoms with Crippen molar-refractivity contribution in [3.63, 3.8) is 0 Å². The second kappa shape index (κ2) is 4.96. The van der Waals surface area contributed by atoms with Crippen LogP contribution >= 0.6 is 11.3 Å². The largest absolute Gasteiger partial charge is 0.477 e. The van der Waals surface area contributed by atoms with Crippen molar-refractivity contribution in [3.8, 4) is 0 Å². The third kappa shape index (κ3) is 2.41. The molecule has 0 aromatic carbocycles. The summed E-state index contributed by atoms with van der Waals surface area (Å²) in [6, 6.07) is 2.61. The summed E-state index contributed by atoms with van der Waals surface area (Å²) in [7, 11) is -3.62. The van der Waals surface area contributed by atoms with Gasteiger partial charge in [-0.25, -0.2) is 13.2 Å². The number of hydrogen-bond donors (Lipinski definition) is 2. The summed E-state index contributed by atoms with van der Waals surface area (Å²) in [5.41, 5.74) is 0. The van der Waals surface area contributed by atoms with Crippen LogP contribution in [0.15, 0.2) is 16.3 Å². The molecule has 1 saturated heterocycles. The molecule has 2 rings (SSSR count). The van der Waals surface area contributed by atoms with Gasteiger partial charge in [0.1, 0.15) is 9.09 Å². The van der Waals surface area contributed by atoms with Gasteiger partial charge in [-0.1, -0.05) is 0 Å². The molecule has 8 heteroatoms. The smallest absolute Gasteiger partial charge is 0.345 e. The zero-order valence-corrected chi connectivity index (χ0v) is 11.1. The SMILES string of the molecule is O=C(O)c1ccc(S(=O)(=O)N2CCC(CO)C2)s1. The number of aliphatic hydroxyl groups excluding tert-OH is 1. The maximum absolute atomic E-state index is 12.2. The first-order chi connectivity index (χ1) is 8.45. The number of aliphatic hydroxyl groups is 1. The number of rotatable bonds is 4. The quantitative estimate of drug-likeness (QED) is 0.840. The summed E-state index contributed by atoms with van der Waals surface area (Å²) < 4.78 is 25.7. The fourth-order valence-electron chi connectivity index (χ4n) is 1.87. The Morgan fingerprint density at radius 2 is 2.22 bits per heavy atom. The molecule has 0 aliphatic carbocycles. The Morgan fingerprint density at radius 1 is 1.50 bits per heavy atom. The molecule has 0 bridgehead atoms. The molecule has 1 aromatic rings. The van der Waals surface area contributed by atoms with E-state index in [1.165, 1.54) is 16.4 Å². The molecule has 1 atom stereocenters. The summed E-state index contributed by atoms with van der Waals surface area (Å²) in [6.45, 7) is 0.629. The fourth-order valence-corrected chi connectivity index (χ4v) is 4.70. The van der Waals surface area contributed by atoms with Gasteiger partial charge in [0.25, 0.3) is 10.0 Å². The number of carboxylic acid groups (broad SMARTS) is 1. The minimum absolute atomic E-state index is 0.00600. The third-order valence-electron chi connectivity index (χ3n) is 2.89. The summed E-state index contributed by atoms with van der Waals surface area (Å²) >= 11 is 0.752. The van der Waals surface area contributed by atoms with E-state index in [9.17, 15) is 13.2 Å². The first-order valence-corrected chi connectivity index (χ1v) is 7.65. The van der Waals surface area contributed by atoms with Crippen LogP contribution in [0.3, 0.4) is 0 Å². The van der Waals surface area contributed by atoms with Crippen LogP contribution in [-0.4, -0.2) is 48.6 Å². The molecule has 1 unspecified atom stereocenters. The van der Waals surface area contributed by atoms with E-state index in [1.54, 1.807) is 0 Å². The van der Waals surface area contributed by atoms with Crippen molar-refractivity contribution < 1.29 is 23.4 Å². The van der Waals surface area contributed by atoms with E-state index in [2.05, 4.69) is 0 Å². The molecular weight excluding hydrogens is 278 g/mol. The number of carboxylic acids is 1. The van der Waals surface area contributed by atoms with Gasteiger partial charge in [-0.15, -0.1) is 11.3 Å². The topological polar surface area (TPSA) is 94.9 Å². The highest BCUT2D eigenvalue weighted by Crippen LogP contribution is 2.28. The molecular formula is C10H13NO5S2. The molecule has 2 heterocycles. The van der Waals surface area contributed by atoms with Gasteiger partial charge in [-0.3, -0.25) is 0 Å². The molecule has 2 N–H and O–H groups in total. The van der Waals surface area contributed by atoms with Crippen LogP contribution in [0.4, 0.5) is 0 Å². The van der Waals surface area contributed by atoms with Crippen molar-refractivity contribution in [1.82, 2.24) is 4.31 Å². The summed E-state index contributed by atoms with van der Waals surface area (Å²) in [5.74, 6) is -1.16. The molecule has 1 aliphatic heterocycles. The van der Waals surface area contributed by atoms with Gasteiger partial charge in [0.2, 0.25) is 0 Å². The van der Waals surface area contributed by atoms with Crippen LogP contribution in [-0.2, 0) is 10.0 Å². The molecule has 6 nitrogen and oxygen atoms in total. The van der Waals surface area contributed by atoms with Crippen molar-refractivity contribution in [2.45, 2.75) is 10.6 Å². The molecule has 0 spiro atoms. The normalized spacial score (nSPS) is 21.3. The lowest BCUT2D eigenvalue weighted by molar-refractivity contribution is 0.0702. The number of hydrogen-bond acceptors (Lipinski definition) is 5. The predicted octanol–water partition coefficient (Wildman–Crippen LogP) is 0.449. The van der Waals surface area contributed by atoms with Gasteiger partial charge in [0.05, 0.1) is 0 Å². The van der Waals surface area contributed by atoms with Crippen LogP contribution in [0.1, 0.15) is 16.1 Å². The number of thiophene rings is 1. The standard InChI is InChI=1S/C10H13NO5S2/c12-6-7-3-4-11(5-7)18(15,16)9-2-1-8(17-9)10(13)14/h1-2,7,12H,3-6H2,(H,13,14). The lowest BCUT2D eigenvalue weighted by Crippen LogP contribution is -2.28. The Morgan fingerprint density at radius 3 is 2.72 bits per heavy atom. The van der Waals surface area contributed by atoms with E-state index in [-0.39, 0.29) is 21.6 Å².